The Morgan fingerprint density at radius 2 is 2.11 bits per heavy atom. The SMILES string of the molecule is COc1ccc(NC(=O)CCc2nc(-c3ccc(C)c(F)c3)no2)cc1Cl. The summed E-state index contributed by atoms with van der Waals surface area (Å²) in [4.78, 5) is 16.3. The fourth-order valence-corrected chi connectivity index (χ4v) is 2.65. The molecule has 0 atom stereocenters. The summed E-state index contributed by atoms with van der Waals surface area (Å²) < 4.78 is 23.9. The van der Waals surface area contributed by atoms with Gasteiger partial charge in [0.05, 0.1) is 12.1 Å². The second kappa shape index (κ2) is 8.18. The lowest BCUT2D eigenvalue weighted by Crippen LogP contribution is -2.12. The third-order valence-electron chi connectivity index (χ3n) is 3.90. The highest BCUT2D eigenvalue weighted by atomic mass is 35.5. The van der Waals surface area contributed by atoms with Crippen molar-refractivity contribution in [3.8, 4) is 17.1 Å². The highest BCUT2D eigenvalue weighted by Gasteiger charge is 2.12. The molecule has 0 spiro atoms. The molecule has 8 heteroatoms. The summed E-state index contributed by atoms with van der Waals surface area (Å²) in [7, 11) is 1.52. The van der Waals surface area contributed by atoms with Crippen LogP contribution in [0.25, 0.3) is 11.4 Å². The van der Waals surface area contributed by atoms with Crippen molar-refractivity contribution >= 4 is 23.2 Å². The largest absolute Gasteiger partial charge is 0.495 e. The number of nitrogens with zero attached hydrogens (tertiary/aromatic N) is 2. The number of anilines is 1. The third kappa shape index (κ3) is 4.62. The zero-order chi connectivity index (χ0) is 19.4. The van der Waals surface area contributed by atoms with Crippen molar-refractivity contribution in [2.24, 2.45) is 0 Å². The fraction of sp³-hybridized carbons (Fsp3) is 0.211. The van der Waals surface area contributed by atoms with Crippen LogP contribution < -0.4 is 10.1 Å². The number of nitrogens with one attached hydrogen (secondary N) is 1. The molecule has 0 saturated heterocycles. The van der Waals surface area contributed by atoms with Gasteiger partial charge in [0.1, 0.15) is 11.6 Å². The Morgan fingerprint density at radius 1 is 1.30 bits per heavy atom. The van der Waals surface area contributed by atoms with Crippen molar-refractivity contribution in [3.05, 3.63) is 58.7 Å². The molecule has 0 radical (unpaired) electrons. The van der Waals surface area contributed by atoms with Crippen molar-refractivity contribution in [1.82, 2.24) is 10.1 Å². The summed E-state index contributed by atoms with van der Waals surface area (Å²) in [6, 6.07) is 9.68. The van der Waals surface area contributed by atoms with Crippen LogP contribution in [0, 0.1) is 12.7 Å². The van der Waals surface area contributed by atoms with Crippen LogP contribution in [0.1, 0.15) is 17.9 Å². The van der Waals surface area contributed by atoms with Crippen LogP contribution in [0.4, 0.5) is 10.1 Å². The maximum atomic E-state index is 13.7. The van der Waals surface area contributed by atoms with Gasteiger partial charge in [0, 0.05) is 24.1 Å². The van der Waals surface area contributed by atoms with Crippen LogP contribution in [0.15, 0.2) is 40.9 Å². The van der Waals surface area contributed by atoms with E-state index in [-0.39, 0.29) is 30.4 Å². The Labute approximate surface area is 160 Å². The first-order valence-corrected chi connectivity index (χ1v) is 8.56. The van der Waals surface area contributed by atoms with E-state index in [0.29, 0.717) is 33.5 Å². The van der Waals surface area contributed by atoms with Crippen LogP contribution in [0.2, 0.25) is 5.02 Å². The van der Waals surface area contributed by atoms with Gasteiger partial charge in [-0.1, -0.05) is 28.9 Å². The van der Waals surface area contributed by atoms with E-state index in [2.05, 4.69) is 15.5 Å². The summed E-state index contributed by atoms with van der Waals surface area (Å²) in [6.45, 7) is 1.68. The predicted octanol–water partition coefficient (Wildman–Crippen LogP) is 4.42. The average molecular weight is 390 g/mol. The molecule has 0 bridgehead atoms. The van der Waals surface area contributed by atoms with Gasteiger partial charge in [0.25, 0.3) is 0 Å². The van der Waals surface area contributed by atoms with Crippen molar-refractivity contribution in [3.63, 3.8) is 0 Å². The number of methoxy groups -OCH3 is 1. The topological polar surface area (TPSA) is 77.2 Å². The van der Waals surface area contributed by atoms with E-state index in [0.717, 1.165) is 0 Å². The second-order valence-corrected chi connectivity index (χ2v) is 6.28. The van der Waals surface area contributed by atoms with Crippen LogP contribution in [-0.4, -0.2) is 23.2 Å². The number of hydrogen-bond acceptors (Lipinski definition) is 5. The minimum atomic E-state index is -0.337. The number of amides is 1. The lowest BCUT2D eigenvalue weighted by atomic mass is 10.1. The Kier molecular flexibility index (Phi) is 5.71. The monoisotopic (exact) mass is 389 g/mol. The first-order valence-electron chi connectivity index (χ1n) is 8.19. The van der Waals surface area contributed by atoms with Gasteiger partial charge in [-0.3, -0.25) is 4.79 Å². The first-order chi connectivity index (χ1) is 13.0. The van der Waals surface area contributed by atoms with Crippen LogP contribution in [0.5, 0.6) is 5.75 Å². The minimum Gasteiger partial charge on any atom is -0.495 e. The van der Waals surface area contributed by atoms with E-state index in [1.54, 1.807) is 37.3 Å². The molecule has 27 heavy (non-hydrogen) atoms. The number of benzene rings is 2. The maximum Gasteiger partial charge on any atom is 0.227 e. The van der Waals surface area contributed by atoms with E-state index >= 15 is 0 Å². The van der Waals surface area contributed by atoms with Crippen LogP contribution >= 0.6 is 11.6 Å². The maximum absolute atomic E-state index is 13.7. The van der Waals surface area contributed by atoms with Crippen LogP contribution in [-0.2, 0) is 11.2 Å². The molecule has 6 nitrogen and oxygen atoms in total. The Morgan fingerprint density at radius 3 is 2.81 bits per heavy atom. The number of aryl methyl sites for hydroxylation is 2. The lowest BCUT2D eigenvalue weighted by Gasteiger charge is -2.07. The summed E-state index contributed by atoms with van der Waals surface area (Å²) in [5.74, 6) is 0.550. The smallest absolute Gasteiger partial charge is 0.227 e. The number of ether oxygens (including phenoxy) is 1. The predicted molar refractivity (Wildman–Crippen MR) is 99.4 cm³/mol. The van der Waals surface area contributed by atoms with Gasteiger partial charge in [-0.15, -0.1) is 0 Å². The molecule has 1 amide bonds. The number of carbonyl (C=O) groups excluding carboxylic acids is 1. The molecule has 1 N–H and O–H groups in total. The lowest BCUT2D eigenvalue weighted by molar-refractivity contribution is -0.116. The molecule has 2 aromatic carbocycles. The molecule has 140 valence electrons. The molecule has 0 saturated carbocycles. The standard InChI is InChI=1S/C19H17ClFN3O3/c1-11-3-4-12(9-15(11)21)19-23-18(27-24-19)8-7-17(25)22-13-5-6-16(26-2)14(20)10-13/h3-6,9-10H,7-8H2,1-2H3,(H,22,25). The van der Waals surface area contributed by atoms with Gasteiger partial charge in [-0.25, -0.2) is 4.39 Å². The Bertz CT molecular complexity index is 975. The highest BCUT2D eigenvalue weighted by Crippen LogP contribution is 2.27. The first kappa shape index (κ1) is 18.8. The number of hydrogen-bond donors (Lipinski definition) is 1. The number of rotatable bonds is 6. The quantitative estimate of drug-likeness (QED) is 0.675. The van der Waals surface area contributed by atoms with Crippen molar-refractivity contribution < 1.29 is 18.4 Å². The molecule has 0 aliphatic carbocycles. The second-order valence-electron chi connectivity index (χ2n) is 5.87. The van der Waals surface area contributed by atoms with E-state index in [1.807, 2.05) is 0 Å². The van der Waals surface area contributed by atoms with Crippen LogP contribution in [0.3, 0.4) is 0 Å². The zero-order valence-electron chi connectivity index (χ0n) is 14.8. The molecule has 0 aliphatic rings. The number of aromatic nitrogens is 2. The fourth-order valence-electron chi connectivity index (χ4n) is 2.39. The van der Waals surface area contributed by atoms with E-state index in [4.69, 9.17) is 20.9 Å². The van der Waals surface area contributed by atoms with Gasteiger partial charge in [-0.2, -0.15) is 4.98 Å². The van der Waals surface area contributed by atoms with E-state index in [9.17, 15) is 9.18 Å². The average Bonchev–Trinajstić information content (AvgIpc) is 3.11. The van der Waals surface area contributed by atoms with Gasteiger partial charge in [-0.05, 0) is 36.8 Å². The third-order valence-corrected chi connectivity index (χ3v) is 4.19. The minimum absolute atomic E-state index is 0.146. The summed E-state index contributed by atoms with van der Waals surface area (Å²) in [6.07, 6.45) is 0.407. The van der Waals surface area contributed by atoms with E-state index in [1.165, 1.54) is 13.2 Å². The molecule has 3 aromatic rings. The summed E-state index contributed by atoms with van der Waals surface area (Å²) in [5.41, 5.74) is 1.62. The van der Waals surface area contributed by atoms with Gasteiger partial charge in [0.15, 0.2) is 0 Å². The summed E-state index contributed by atoms with van der Waals surface area (Å²) >= 11 is 6.03. The number of halogens is 2. The number of carbonyl (C=O) groups is 1. The molecule has 0 fully saturated rings. The van der Waals surface area contributed by atoms with Gasteiger partial charge >= 0.3 is 0 Å². The molecule has 3 rings (SSSR count). The molecular weight excluding hydrogens is 373 g/mol. The van der Waals surface area contributed by atoms with Gasteiger partial charge in [0.2, 0.25) is 17.6 Å². The summed E-state index contributed by atoms with van der Waals surface area (Å²) in [5, 5.41) is 6.98. The Hall–Kier alpha value is -2.93. The molecule has 1 aromatic heterocycles. The van der Waals surface area contributed by atoms with Crippen molar-refractivity contribution in [2.75, 3.05) is 12.4 Å². The molecule has 1 heterocycles. The highest BCUT2D eigenvalue weighted by molar-refractivity contribution is 6.32. The van der Waals surface area contributed by atoms with Gasteiger partial charge < -0.3 is 14.6 Å². The van der Waals surface area contributed by atoms with E-state index < -0.39 is 0 Å². The zero-order valence-corrected chi connectivity index (χ0v) is 15.5. The molecule has 0 aliphatic heterocycles. The van der Waals surface area contributed by atoms with Crippen molar-refractivity contribution in [2.45, 2.75) is 19.8 Å². The Balaban J connectivity index is 1.58. The van der Waals surface area contributed by atoms with Crippen molar-refractivity contribution in [1.29, 1.82) is 0 Å². The normalized spacial score (nSPS) is 10.7. The molecular formula is C19H17ClFN3O3. The molecule has 0 unspecified atom stereocenters.